The van der Waals surface area contributed by atoms with E-state index in [0.29, 0.717) is 23.7 Å². The van der Waals surface area contributed by atoms with Crippen LogP contribution in [0, 0.1) is 11.5 Å². The monoisotopic (exact) mass is 385 g/mol. The zero-order chi connectivity index (χ0) is 20.0. The maximum atomic E-state index is 12.7. The number of carbonyl (C=O) groups excluding carboxylic acids is 1. The quantitative estimate of drug-likeness (QED) is 0.612. The lowest BCUT2D eigenvalue weighted by Crippen LogP contribution is -2.19. The third-order valence-corrected chi connectivity index (χ3v) is 4.32. The molecule has 144 valence electrons. The number of aryl methyl sites for hydroxylation is 1. The van der Waals surface area contributed by atoms with Crippen LogP contribution >= 0.6 is 0 Å². The topological polar surface area (TPSA) is 65.4 Å². The summed E-state index contributed by atoms with van der Waals surface area (Å²) in [6.07, 6.45) is 1.63. The molecule has 1 aromatic heterocycles. The molecule has 6 nitrogen and oxygen atoms in total. The standard InChI is InChI=1S/C20H27N3O3Si/c1-15(14-25-3)26-18-12-16(8-10-27(4,5)6)11-17(13-18)20(24)21-19-7-9-23(2)22-19/h7,9,11-13,15H,14H2,1-6H3,(H,21,22,24)/t15-/m0/s1. The molecule has 2 rings (SSSR count). The number of hydrogen-bond acceptors (Lipinski definition) is 4. The summed E-state index contributed by atoms with van der Waals surface area (Å²) in [6.45, 7) is 8.90. The molecule has 1 aromatic carbocycles. The van der Waals surface area contributed by atoms with Gasteiger partial charge < -0.3 is 14.8 Å². The molecular weight excluding hydrogens is 358 g/mol. The van der Waals surface area contributed by atoms with Crippen molar-refractivity contribution >= 4 is 19.8 Å². The summed E-state index contributed by atoms with van der Waals surface area (Å²) in [6, 6.07) is 7.09. The van der Waals surface area contributed by atoms with Crippen molar-refractivity contribution in [3.63, 3.8) is 0 Å². The Hall–Kier alpha value is -2.56. The molecule has 1 N–H and O–H groups in total. The van der Waals surface area contributed by atoms with Gasteiger partial charge in [0.2, 0.25) is 0 Å². The van der Waals surface area contributed by atoms with E-state index in [1.165, 1.54) is 0 Å². The van der Waals surface area contributed by atoms with E-state index in [2.05, 4.69) is 41.5 Å². The summed E-state index contributed by atoms with van der Waals surface area (Å²) in [5.41, 5.74) is 4.55. The van der Waals surface area contributed by atoms with Gasteiger partial charge in [0, 0.05) is 37.5 Å². The normalized spacial score (nSPS) is 12.1. The molecule has 0 spiro atoms. The van der Waals surface area contributed by atoms with Crippen LogP contribution in [0.5, 0.6) is 5.75 Å². The number of nitrogens with one attached hydrogen (secondary N) is 1. The van der Waals surface area contributed by atoms with Crippen molar-refractivity contribution in [1.29, 1.82) is 0 Å². The molecule has 1 heterocycles. The molecule has 0 bridgehead atoms. The summed E-state index contributed by atoms with van der Waals surface area (Å²) < 4.78 is 12.6. The van der Waals surface area contributed by atoms with Crippen molar-refractivity contribution in [3.05, 3.63) is 41.6 Å². The number of carbonyl (C=O) groups is 1. The highest BCUT2D eigenvalue weighted by atomic mass is 28.3. The van der Waals surface area contributed by atoms with Gasteiger partial charge in [-0.1, -0.05) is 25.6 Å². The van der Waals surface area contributed by atoms with Crippen molar-refractivity contribution in [2.45, 2.75) is 32.7 Å². The van der Waals surface area contributed by atoms with E-state index in [9.17, 15) is 4.79 Å². The van der Waals surface area contributed by atoms with E-state index in [1.54, 1.807) is 43.2 Å². The summed E-state index contributed by atoms with van der Waals surface area (Å²) >= 11 is 0. The predicted octanol–water partition coefficient (Wildman–Crippen LogP) is 3.32. The number of ether oxygens (including phenoxy) is 2. The zero-order valence-electron chi connectivity index (χ0n) is 16.8. The lowest BCUT2D eigenvalue weighted by atomic mass is 10.1. The van der Waals surface area contributed by atoms with Crippen molar-refractivity contribution in [3.8, 4) is 17.2 Å². The Morgan fingerprint density at radius 1 is 1.33 bits per heavy atom. The fourth-order valence-electron chi connectivity index (χ4n) is 2.30. The molecule has 0 aliphatic rings. The number of nitrogens with zero attached hydrogens (tertiary/aromatic N) is 2. The highest BCUT2D eigenvalue weighted by Crippen LogP contribution is 2.20. The molecule has 27 heavy (non-hydrogen) atoms. The second-order valence-corrected chi connectivity index (χ2v) is 12.2. The molecule has 0 radical (unpaired) electrons. The Balaban J connectivity index is 2.32. The number of aromatic nitrogens is 2. The first-order valence-corrected chi connectivity index (χ1v) is 12.3. The summed E-state index contributed by atoms with van der Waals surface area (Å²) in [7, 11) is 1.88. The van der Waals surface area contributed by atoms with E-state index in [0.717, 1.165) is 5.56 Å². The Kier molecular flexibility index (Phi) is 6.83. The number of amides is 1. The lowest BCUT2D eigenvalue weighted by Gasteiger charge is -2.15. The van der Waals surface area contributed by atoms with Gasteiger partial charge in [-0.25, -0.2) is 0 Å². The highest BCUT2D eigenvalue weighted by molar-refractivity contribution is 6.83. The van der Waals surface area contributed by atoms with E-state index in [4.69, 9.17) is 9.47 Å². The van der Waals surface area contributed by atoms with Gasteiger partial charge in [0.15, 0.2) is 5.82 Å². The van der Waals surface area contributed by atoms with Gasteiger partial charge in [-0.2, -0.15) is 5.10 Å². The number of hydrogen-bond donors (Lipinski definition) is 1. The van der Waals surface area contributed by atoms with Crippen molar-refractivity contribution in [2.24, 2.45) is 7.05 Å². The molecule has 0 fully saturated rings. The number of anilines is 1. The van der Waals surface area contributed by atoms with Crippen LogP contribution in [-0.4, -0.2) is 43.6 Å². The van der Waals surface area contributed by atoms with Crippen LogP contribution in [0.4, 0.5) is 5.82 Å². The van der Waals surface area contributed by atoms with E-state index >= 15 is 0 Å². The van der Waals surface area contributed by atoms with Crippen LogP contribution in [0.3, 0.4) is 0 Å². The van der Waals surface area contributed by atoms with Crippen LogP contribution in [0.1, 0.15) is 22.8 Å². The van der Waals surface area contributed by atoms with Gasteiger partial charge in [0.1, 0.15) is 19.9 Å². The average molecular weight is 386 g/mol. The van der Waals surface area contributed by atoms with Gasteiger partial charge in [-0.15, -0.1) is 5.54 Å². The van der Waals surface area contributed by atoms with Crippen molar-refractivity contribution < 1.29 is 14.3 Å². The van der Waals surface area contributed by atoms with Crippen LogP contribution < -0.4 is 10.1 Å². The zero-order valence-corrected chi connectivity index (χ0v) is 17.8. The van der Waals surface area contributed by atoms with Crippen LogP contribution in [0.25, 0.3) is 0 Å². The number of methoxy groups -OCH3 is 1. The minimum atomic E-state index is -1.54. The van der Waals surface area contributed by atoms with Crippen LogP contribution in [0.15, 0.2) is 30.5 Å². The molecular formula is C20H27N3O3Si. The number of benzene rings is 1. The molecule has 2 aromatic rings. The molecule has 0 saturated heterocycles. The second kappa shape index (κ2) is 8.89. The van der Waals surface area contributed by atoms with Gasteiger partial charge >= 0.3 is 0 Å². The smallest absolute Gasteiger partial charge is 0.257 e. The molecule has 1 atom stereocenters. The lowest BCUT2D eigenvalue weighted by molar-refractivity contribution is 0.0917. The first-order valence-electron chi connectivity index (χ1n) is 8.81. The Morgan fingerprint density at radius 2 is 2.07 bits per heavy atom. The molecule has 1 amide bonds. The molecule has 7 heteroatoms. The summed E-state index contributed by atoms with van der Waals surface area (Å²) in [5.74, 6) is 4.03. The Morgan fingerprint density at radius 3 is 2.67 bits per heavy atom. The Labute approximate surface area is 161 Å². The minimum absolute atomic E-state index is 0.137. The van der Waals surface area contributed by atoms with Crippen LogP contribution in [0.2, 0.25) is 19.6 Å². The maximum absolute atomic E-state index is 12.7. The first kappa shape index (κ1) is 20.7. The first-order chi connectivity index (χ1) is 12.7. The summed E-state index contributed by atoms with van der Waals surface area (Å²) in [5, 5.41) is 6.97. The summed E-state index contributed by atoms with van der Waals surface area (Å²) in [4.78, 5) is 12.7. The average Bonchev–Trinajstić information content (AvgIpc) is 2.97. The molecule has 0 unspecified atom stereocenters. The van der Waals surface area contributed by atoms with E-state index in [1.807, 2.05) is 13.0 Å². The SMILES string of the molecule is COC[C@H](C)Oc1cc(C#C[Si](C)(C)C)cc(C(=O)Nc2ccn(C)n2)c1. The minimum Gasteiger partial charge on any atom is -0.488 e. The molecule has 0 aliphatic heterocycles. The van der Waals surface area contributed by atoms with Crippen molar-refractivity contribution in [2.75, 3.05) is 19.0 Å². The highest BCUT2D eigenvalue weighted by Gasteiger charge is 2.13. The largest absolute Gasteiger partial charge is 0.488 e. The van der Waals surface area contributed by atoms with Crippen LogP contribution in [-0.2, 0) is 11.8 Å². The fraction of sp³-hybridized carbons (Fsp3) is 0.400. The van der Waals surface area contributed by atoms with Gasteiger partial charge in [-0.05, 0) is 25.1 Å². The van der Waals surface area contributed by atoms with Gasteiger partial charge in [0.05, 0.1) is 6.61 Å². The van der Waals surface area contributed by atoms with Crippen molar-refractivity contribution in [1.82, 2.24) is 9.78 Å². The Bertz CT molecular complexity index is 859. The van der Waals surface area contributed by atoms with E-state index in [-0.39, 0.29) is 12.0 Å². The molecule has 0 saturated carbocycles. The third kappa shape index (κ3) is 6.92. The maximum Gasteiger partial charge on any atom is 0.257 e. The molecule has 0 aliphatic carbocycles. The van der Waals surface area contributed by atoms with Gasteiger partial charge in [0.25, 0.3) is 5.91 Å². The predicted molar refractivity (Wildman–Crippen MR) is 110 cm³/mol. The second-order valence-electron chi connectivity index (χ2n) is 7.46. The van der Waals surface area contributed by atoms with E-state index < -0.39 is 8.07 Å². The number of rotatable bonds is 6. The third-order valence-electron chi connectivity index (χ3n) is 3.44. The fourth-order valence-corrected chi connectivity index (χ4v) is 2.82. The van der Waals surface area contributed by atoms with Gasteiger partial charge in [-0.3, -0.25) is 9.48 Å².